The first-order chi connectivity index (χ1) is 12.4. The Hall–Kier alpha value is -0.933. The molecule has 1 fully saturated rings. The van der Waals surface area contributed by atoms with Gasteiger partial charge in [0.05, 0.1) is 12.2 Å². The molecule has 1 unspecified atom stereocenters. The molecule has 0 aliphatic carbocycles. The van der Waals surface area contributed by atoms with Gasteiger partial charge in [-0.15, -0.1) is 5.73 Å². The minimum atomic E-state index is -1.65. The molecule has 0 amide bonds. The van der Waals surface area contributed by atoms with E-state index in [4.69, 9.17) is 9.16 Å². The number of aldehydes is 1. The second-order valence-electron chi connectivity index (χ2n) is 7.58. The summed E-state index contributed by atoms with van der Waals surface area (Å²) in [6.07, 6.45) is 6.49. The summed E-state index contributed by atoms with van der Waals surface area (Å²) in [4.78, 5) is 10.6. The van der Waals surface area contributed by atoms with E-state index in [0.29, 0.717) is 6.42 Å². The summed E-state index contributed by atoms with van der Waals surface area (Å²) in [7, 11) is -1.65. The minimum absolute atomic E-state index is 0.103. The fourth-order valence-electron chi connectivity index (χ4n) is 3.80. The van der Waals surface area contributed by atoms with Gasteiger partial charge in [0.25, 0.3) is 0 Å². The van der Waals surface area contributed by atoms with Gasteiger partial charge >= 0.3 is 0 Å². The van der Waals surface area contributed by atoms with Crippen molar-refractivity contribution in [1.29, 1.82) is 0 Å². The highest BCUT2D eigenvalue weighted by Gasteiger charge is 2.33. The average Bonchev–Trinajstić information content (AvgIpc) is 3.01. The molecule has 1 aliphatic rings. The van der Waals surface area contributed by atoms with Crippen molar-refractivity contribution >= 4 is 14.6 Å². The van der Waals surface area contributed by atoms with Crippen molar-refractivity contribution in [3.8, 4) is 0 Å². The average molecular weight is 379 g/mol. The molecule has 1 aliphatic heterocycles. The Bertz CT molecular complexity index is 495. The second kappa shape index (κ2) is 11.7. The molecule has 0 aromatic carbocycles. The maximum absolute atomic E-state index is 10.6. The Morgan fingerprint density at radius 3 is 2.54 bits per heavy atom. The van der Waals surface area contributed by atoms with Crippen LogP contribution in [0.1, 0.15) is 66.2 Å². The van der Waals surface area contributed by atoms with E-state index in [-0.39, 0.29) is 18.3 Å². The maximum Gasteiger partial charge on any atom is 0.192 e. The summed E-state index contributed by atoms with van der Waals surface area (Å²) in [6.45, 7) is 16.9. The zero-order valence-corrected chi connectivity index (χ0v) is 18.3. The zero-order chi connectivity index (χ0) is 19.6. The normalized spacial score (nSPS) is 21.5. The first-order valence-corrected chi connectivity index (χ1v) is 12.8. The van der Waals surface area contributed by atoms with Crippen LogP contribution in [0.25, 0.3) is 0 Å². The van der Waals surface area contributed by atoms with Crippen LogP contribution >= 0.6 is 0 Å². The Kier molecular flexibility index (Phi) is 10.4. The molecular weight excluding hydrogens is 340 g/mol. The molecule has 1 saturated heterocycles. The summed E-state index contributed by atoms with van der Waals surface area (Å²) in [6, 6.07) is 3.48. The summed E-state index contributed by atoms with van der Waals surface area (Å²) in [5, 5.41) is 0. The highest BCUT2D eigenvalue weighted by Crippen LogP contribution is 2.32. The third-order valence-electron chi connectivity index (χ3n) is 5.84. The van der Waals surface area contributed by atoms with Crippen molar-refractivity contribution in [3.63, 3.8) is 0 Å². The highest BCUT2D eigenvalue weighted by atomic mass is 28.4. The van der Waals surface area contributed by atoms with Crippen molar-refractivity contribution in [2.75, 3.05) is 0 Å². The van der Waals surface area contributed by atoms with E-state index < -0.39 is 8.32 Å². The van der Waals surface area contributed by atoms with E-state index in [9.17, 15) is 4.79 Å². The van der Waals surface area contributed by atoms with Gasteiger partial charge in [0.15, 0.2) is 8.32 Å². The number of ether oxygens (including phenoxy) is 1. The topological polar surface area (TPSA) is 35.5 Å². The molecule has 0 bridgehead atoms. The molecule has 26 heavy (non-hydrogen) atoms. The van der Waals surface area contributed by atoms with Gasteiger partial charge in [-0.3, -0.25) is 0 Å². The monoisotopic (exact) mass is 378 g/mol. The van der Waals surface area contributed by atoms with Crippen molar-refractivity contribution < 1.29 is 14.0 Å². The molecule has 148 valence electrons. The van der Waals surface area contributed by atoms with Crippen molar-refractivity contribution in [2.45, 2.75) is 103 Å². The molecule has 0 radical (unpaired) electrons. The van der Waals surface area contributed by atoms with Crippen LogP contribution in [-0.4, -0.2) is 32.9 Å². The number of rotatable bonds is 13. The first kappa shape index (κ1) is 23.1. The predicted octanol–water partition coefficient (Wildman–Crippen LogP) is 5.97. The Labute approximate surface area is 161 Å². The maximum atomic E-state index is 10.6. The van der Waals surface area contributed by atoms with E-state index in [1.807, 2.05) is 0 Å². The van der Waals surface area contributed by atoms with E-state index in [2.05, 4.69) is 46.6 Å². The van der Waals surface area contributed by atoms with Gasteiger partial charge < -0.3 is 14.0 Å². The fraction of sp³-hybridized carbons (Fsp3) is 0.727. The number of carbonyl (C=O) groups excluding carboxylic acids is 1. The lowest BCUT2D eigenvalue weighted by molar-refractivity contribution is -0.108. The van der Waals surface area contributed by atoms with Gasteiger partial charge in [0.2, 0.25) is 0 Å². The van der Waals surface area contributed by atoms with Crippen molar-refractivity contribution in [1.82, 2.24) is 0 Å². The predicted molar refractivity (Wildman–Crippen MR) is 112 cm³/mol. The first-order valence-electron chi connectivity index (χ1n) is 10.2. The van der Waals surface area contributed by atoms with Crippen LogP contribution < -0.4 is 0 Å². The number of hydrogen-bond donors (Lipinski definition) is 0. The molecule has 0 aromatic heterocycles. The number of hydrogen-bond acceptors (Lipinski definition) is 3. The second-order valence-corrected chi connectivity index (χ2v) is 12.3. The molecule has 1 rings (SSSR count). The number of carbonyl (C=O) groups is 1. The van der Waals surface area contributed by atoms with E-state index >= 15 is 0 Å². The zero-order valence-electron chi connectivity index (χ0n) is 17.3. The largest absolute Gasteiger partial charge is 0.414 e. The quantitative estimate of drug-likeness (QED) is 0.171. The third kappa shape index (κ3) is 7.00. The Morgan fingerprint density at radius 2 is 2.00 bits per heavy atom. The smallest absolute Gasteiger partial charge is 0.192 e. The molecule has 0 spiro atoms. The van der Waals surface area contributed by atoms with Gasteiger partial charge in [0.1, 0.15) is 6.29 Å². The van der Waals surface area contributed by atoms with Gasteiger partial charge in [-0.25, -0.2) is 0 Å². The van der Waals surface area contributed by atoms with Crippen LogP contribution in [-0.2, 0) is 14.0 Å². The van der Waals surface area contributed by atoms with Crippen LogP contribution in [0, 0.1) is 0 Å². The molecule has 0 N–H and O–H groups in total. The molecule has 0 saturated carbocycles. The van der Waals surface area contributed by atoms with Crippen LogP contribution in [0.2, 0.25) is 18.1 Å². The van der Waals surface area contributed by atoms with Crippen LogP contribution in [0.3, 0.4) is 0 Å². The standard InChI is InChI=1S/C22H38O3Si/c1-7-18(5)16-21(25-26(8-2,9-3)10-4)13-14-22-19(6)17-20(24-22)12-11-15-23/h15,20-22H,1,6,8-14,16-17H2,2-5H3/t20-,21-,22?/m0/s1. The van der Waals surface area contributed by atoms with Gasteiger partial charge in [0, 0.05) is 18.9 Å². The van der Waals surface area contributed by atoms with E-state index in [1.165, 1.54) is 5.57 Å². The van der Waals surface area contributed by atoms with Crippen LogP contribution in [0.5, 0.6) is 0 Å². The fourth-order valence-corrected chi connectivity index (χ4v) is 6.71. The lowest BCUT2D eigenvalue weighted by Gasteiger charge is -2.34. The van der Waals surface area contributed by atoms with Gasteiger partial charge in [-0.2, -0.15) is 0 Å². The summed E-state index contributed by atoms with van der Waals surface area (Å²) in [5.74, 6) is 0. The van der Waals surface area contributed by atoms with Crippen molar-refractivity contribution in [3.05, 3.63) is 30.0 Å². The van der Waals surface area contributed by atoms with Crippen LogP contribution in [0.15, 0.2) is 30.0 Å². The Balaban J connectivity index is 2.69. The lowest BCUT2D eigenvalue weighted by Crippen LogP contribution is -2.40. The molecule has 1 heterocycles. The molecule has 3 nitrogen and oxygen atoms in total. The van der Waals surface area contributed by atoms with Gasteiger partial charge in [-0.1, -0.05) is 33.9 Å². The molecule has 0 aromatic rings. The molecule has 4 heteroatoms. The Morgan fingerprint density at radius 1 is 1.35 bits per heavy atom. The lowest BCUT2D eigenvalue weighted by atomic mass is 9.99. The van der Waals surface area contributed by atoms with E-state index in [0.717, 1.165) is 62.1 Å². The van der Waals surface area contributed by atoms with Gasteiger partial charge in [-0.05, 0) is 61.9 Å². The van der Waals surface area contributed by atoms with Crippen molar-refractivity contribution in [2.24, 2.45) is 0 Å². The summed E-state index contributed by atoms with van der Waals surface area (Å²) in [5.41, 5.74) is 5.35. The summed E-state index contributed by atoms with van der Waals surface area (Å²) < 4.78 is 12.9. The van der Waals surface area contributed by atoms with E-state index in [1.54, 1.807) is 0 Å². The van der Waals surface area contributed by atoms with Crippen LogP contribution in [0.4, 0.5) is 0 Å². The minimum Gasteiger partial charge on any atom is -0.414 e. The summed E-state index contributed by atoms with van der Waals surface area (Å²) >= 11 is 0. The molecular formula is C22H38O3Si. The third-order valence-corrected chi connectivity index (χ3v) is 10.5. The SMILES string of the molecule is C=C=C(C)C[C@H](CCC1O[C@@H](CCC=O)CC1=C)O[Si](CC)(CC)CC. The highest BCUT2D eigenvalue weighted by molar-refractivity contribution is 6.73. The molecule has 3 atom stereocenters.